The lowest BCUT2D eigenvalue weighted by Crippen LogP contribution is -2.02. The molecule has 6 heteroatoms. The summed E-state index contributed by atoms with van der Waals surface area (Å²) >= 11 is 0. The van der Waals surface area contributed by atoms with Gasteiger partial charge in [-0.1, -0.05) is 12.1 Å². The highest BCUT2D eigenvalue weighted by molar-refractivity contribution is 5.85. The van der Waals surface area contributed by atoms with Crippen LogP contribution in [0.3, 0.4) is 0 Å². The maximum absolute atomic E-state index is 10.1. The van der Waals surface area contributed by atoms with Gasteiger partial charge in [0.15, 0.2) is 0 Å². The molecular weight excluding hydrogens is 304 g/mol. The highest BCUT2D eigenvalue weighted by Crippen LogP contribution is 2.22. The first-order valence-corrected chi connectivity index (χ1v) is 7.88. The summed E-state index contributed by atoms with van der Waals surface area (Å²) in [6, 6.07) is 7.99. The lowest BCUT2D eigenvalue weighted by Gasteiger charge is -2.07. The van der Waals surface area contributed by atoms with Gasteiger partial charge in [-0.15, -0.1) is 0 Å². The summed E-state index contributed by atoms with van der Waals surface area (Å²) < 4.78 is 2.12. The Hall–Kier alpha value is -2.73. The topological polar surface area (TPSA) is 83.5 Å². The monoisotopic (exact) mass is 324 g/mol. The zero-order valence-corrected chi connectivity index (χ0v) is 13.8. The minimum Gasteiger partial charge on any atom is -0.505 e. The Morgan fingerprint density at radius 3 is 2.83 bits per heavy atom. The summed E-state index contributed by atoms with van der Waals surface area (Å²) in [6.45, 7) is 4.80. The standard InChI is InChI=1S/C18H20N4O2/c1-3-22-16-7-5-4-6-15(16)21-17(22)10-19-9-14-13(11-23)8-20-12(2)18(14)24/h4-9,23-24H,3,10-11H2,1-2H3. The molecule has 0 unspecified atom stereocenters. The van der Waals surface area contributed by atoms with Crippen LogP contribution in [0.25, 0.3) is 11.0 Å². The van der Waals surface area contributed by atoms with Crippen LogP contribution in [0.2, 0.25) is 0 Å². The number of aliphatic hydroxyl groups is 1. The first kappa shape index (κ1) is 16.1. The quantitative estimate of drug-likeness (QED) is 0.707. The molecule has 0 fully saturated rings. The van der Waals surface area contributed by atoms with E-state index in [1.54, 1.807) is 19.3 Å². The predicted molar refractivity (Wildman–Crippen MR) is 93.3 cm³/mol. The Morgan fingerprint density at radius 1 is 1.29 bits per heavy atom. The van der Waals surface area contributed by atoms with Gasteiger partial charge in [0.1, 0.15) is 11.6 Å². The summed E-state index contributed by atoms with van der Waals surface area (Å²) in [5.41, 5.74) is 3.59. The molecule has 2 heterocycles. The van der Waals surface area contributed by atoms with Crippen molar-refractivity contribution in [1.29, 1.82) is 0 Å². The van der Waals surface area contributed by atoms with Crippen LogP contribution in [0.5, 0.6) is 5.75 Å². The van der Waals surface area contributed by atoms with Crippen molar-refractivity contribution < 1.29 is 10.2 Å². The molecule has 0 aliphatic rings. The largest absolute Gasteiger partial charge is 0.505 e. The van der Waals surface area contributed by atoms with Crippen molar-refractivity contribution in [2.24, 2.45) is 4.99 Å². The lowest BCUT2D eigenvalue weighted by atomic mass is 10.1. The smallest absolute Gasteiger partial charge is 0.145 e. The molecule has 1 aromatic carbocycles. The molecule has 0 bridgehead atoms. The third-order valence-corrected chi connectivity index (χ3v) is 4.03. The fourth-order valence-corrected chi connectivity index (χ4v) is 2.74. The number of imidazole rings is 1. The van der Waals surface area contributed by atoms with Gasteiger partial charge in [-0.05, 0) is 26.0 Å². The van der Waals surface area contributed by atoms with E-state index >= 15 is 0 Å². The second kappa shape index (κ2) is 6.80. The first-order chi connectivity index (χ1) is 11.7. The van der Waals surface area contributed by atoms with Crippen molar-refractivity contribution >= 4 is 17.2 Å². The van der Waals surface area contributed by atoms with Gasteiger partial charge in [0.05, 0.1) is 29.9 Å². The first-order valence-electron chi connectivity index (χ1n) is 7.88. The van der Waals surface area contributed by atoms with Gasteiger partial charge in [0.2, 0.25) is 0 Å². The van der Waals surface area contributed by atoms with E-state index in [2.05, 4.69) is 26.5 Å². The highest BCUT2D eigenvalue weighted by atomic mass is 16.3. The van der Waals surface area contributed by atoms with Crippen LogP contribution < -0.4 is 0 Å². The third kappa shape index (κ3) is 2.88. The average molecular weight is 324 g/mol. The minimum atomic E-state index is -0.199. The van der Waals surface area contributed by atoms with Gasteiger partial charge < -0.3 is 14.8 Å². The van der Waals surface area contributed by atoms with Crippen molar-refractivity contribution in [3.05, 3.63) is 53.1 Å². The molecular formula is C18H20N4O2. The fourth-order valence-electron chi connectivity index (χ4n) is 2.74. The summed E-state index contributed by atoms with van der Waals surface area (Å²) in [5, 5.41) is 19.5. The van der Waals surface area contributed by atoms with Crippen LogP contribution in [0.15, 0.2) is 35.5 Å². The maximum atomic E-state index is 10.1. The summed E-state index contributed by atoms with van der Waals surface area (Å²) in [5.74, 6) is 0.917. The molecule has 0 aliphatic carbocycles. The van der Waals surface area contributed by atoms with Crippen molar-refractivity contribution in [2.75, 3.05) is 0 Å². The Bertz CT molecular complexity index is 899. The zero-order valence-electron chi connectivity index (χ0n) is 13.8. The zero-order chi connectivity index (χ0) is 17.1. The van der Waals surface area contributed by atoms with Crippen molar-refractivity contribution in [2.45, 2.75) is 33.5 Å². The number of pyridine rings is 1. The Balaban J connectivity index is 1.92. The molecule has 0 saturated carbocycles. The molecule has 0 aliphatic heterocycles. The number of nitrogens with zero attached hydrogens (tertiary/aromatic N) is 4. The van der Waals surface area contributed by atoms with E-state index in [1.807, 2.05) is 24.3 Å². The number of fused-ring (bicyclic) bond motifs is 1. The van der Waals surface area contributed by atoms with Gasteiger partial charge in [-0.2, -0.15) is 0 Å². The van der Waals surface area contributed by atoms with Gasteiger partial charge in [0, 0.05) is 30.1 Å². The Morgan fingerprint density at radius 2 is 2.08 bits per heavy atom. The molecule has 2 N–H and O–H groups in total. The van der Waals surface area contributed by atoms with Crippen LogP contribution in [-0.2, 0) is 19.7 Å². The third-order valence-electron chi connectivity index (χ3n) is 4.03. The number of para-hydroxylation sites is 2. The number of rotatable bonds is 5. The van der Waals surface area contributed by atoms with E-state index in [0.29, 0.717) is 23.4 Å². The number of benzene rings is 1. The fraction of sp³-hybridized carbons (Fsp3) is 0.278. The molecule has 124 valence electrons. The van der Waals surface area contributed by atoms with Crippen LogP contribution in [0, 0.1) is 6.92 Å². The Labute approximate surface area is 140 Å². The summed E-state index contributed by atoms with van der Waals surface area (Å²) in [4.78, 5) is 13.1. The molecule has 0 radical (unpaired) electrons. The van der Waals surface area contributed by atoms with E-state index in [-0.39, 0.29) is 12.4 Å². The molecule has 0 atom stereocenters. The molecule has 24 heavy (non-hydrogen) atoms. The van der Waals surface area contributed by atoms with Gasteiger partial charge in [-0.25, -0.2) is 4.98 Å². The van der Waals surface area contributed by atoms with Crippen LogP contribution in [0.1, 0.15) is 29.6 Å². The van der Waals surface area contributed by atoms with Gasteiger partial charge in [-0.3, -0.25) is 9.98 Å². The van der Waals surface area contributed by atoms with Gasteiger partial charge >= 0.3 is 0 Å². The van der Waals surface area contributed by atoms with Crippen molar-refractivity contribution in [3.63, 3.8) is 0 Å². The Kier molecular flexibility index (Phi) is 4.57. The second-order valence-corrected chi connectivity index (χ2v) is 5.52. The van der Waals surface area contributed by atoms with Crippen LogP contribution >= 0.6 is 0 Å². The minimum absolute atomic E-state index is 0.0503. The summed E-state index contributed by atoms with van der Waals surface area (Å²) in [7, 11) is 0. The molecule has 2 aromatic heterocycles. The average Bonchev–Trinajstić information content (AvgIpc) is 2.96. The van der Waals surface area contributed by atoms with E-state index < -0.39 is 0 Å². The van der Waals surface area contributed by atoms with Crippen LogP contribution in [0.4, 0.5) is 0 Å². The number of aliphatic hydroxyl groups excluding tert-OH is 1. The molecule has 0 saturated heterocycles. The van der Waals surface area contributed by atoms with Crippen molar-refractivity contribution in [1.82, 2.24) is 14.5 Å². The van der Waals surface area contributed by atoms with E-state index in [9.17, 15) is 10.2 Å². The molecule has 0 spiro atoms. The maximum Gasteiger partial charge on any atom is 0.145 e. The second-order valence-electron chi connectivity index (χ2n) is 5.52. The predicted octanol–water partition coefficient (Wildman–Crippen LogP) is 2.58. The normalized spacial score (nSPS) is 11.6. The number of aryl methyl sites for hydroxylation is 2. The number of aromatic nitrogens is 3. The lowest BCUT2D eigenvalue weighted by molar-refractivity contribution is 0.280. The van der Waals surface area contributed by atoms with Gasteiger partial charge in [0.25, 0.3) is 0 Å². The number of aromatic hydroxyl groups is 1. The molecule has 6 nitrogen and oxygen atoms in total. The van der Waals surface area contributed by atoms with Crippen LogP contribution in [-0.4, -0.2) is 31.0 Å². The number of hydrogen-bond acceptors (Lipinski definition) is 5. The van der Waals surface area contributed by atoms with E-state index in [4.69, 9.17) is 0 Å². The highest BCUT2D eigenvalue weighted by Gasteiger charge is 2.10. The SMILES string of the molecule is CCn1c(CN=Cc2c(CO)cnc(C)c2O)nc2ccccc21. The number of aliphatic imine (C=N–C) groups is 1. The molecule has 0 amide bonds. The molecule has 3 aromatic rings. The van der Waals surface area contributed by atoms with Crippen molar-refractivity contribution in [3.8, 4) is 5.75 Å². The number of hydrogen-bond donors (Lipinski definition) is 2. The summed E-state index contributed by atoms with van der Waals surface area (Å²) in [6.07, 6.45) is 3.13. The van der Waals surface area contributed by atoms with E-state index in [1.165, 1.54) is 0 Å². The van der Waals surface area contributed by atoms with E-state index in [0.717, 1.165) is 23.4 Å². The molecule has 3 rings (SSSR count).